The second-order valence-corrected chi connectivity index (χ2v) is 12.9. The van der Waals surface area contributed by atoms with E-state index in [0.29, 0.717) is 32.2 Å². The molecule has 0 aliphatic carbocycles. The molecule has 0 unspecified atom stereocenters. The molecule has 13 heteroatoms. The largest absolute Gasteiger partial charge is 0.368 e. The van der Waals surface area contributed by atoms with Crippen LogP contribution in [0.2, 0.25) is 0 Å². The molecule has 0 aromatic rings. The number of unbranched alkanes of at least 4 members (excludes halogenated alkanes) is 9. The van der Waals surface area contributed by atoms with Crippen LogP contribution in [0.3, 0.4) is 0 Å². The number of hydrogen-bond donors (Lipinski definition) is 7. The normalized spacial score (nSPS) is 13.8. The van der Waals surface area contributed by atoms with Crippen LogP contribution in [0, 0.1) is 11.8 Å². The molecular formula is C33H63N7O6. The van der Waals surface area contributed by atoms with E-state index in [0.717, 1.165) is 19.3 Å². The molecule has 266 valence electrons. The number of nitrogens with two attached hydrogens (primary N) is 2. The van der Waals surface area contributed by atoms with Gasteiger partial charge in [-0.05, 0) is 51.0 Å². The second-order valence-electron chi connectivity index (χ2n) is 12.9. The molecular weight excluding hydrogens is 590 g/mol. The molecule has 9 N–H and O–H groups in total. The van der Waals surface area contributed by atoms with Crippen molar-refractivity contribution in [1.82, 2.24) is 26.6 Å². The number of carbonyl (C=O) groups excluding carboxylic acids is 6. The summed E-state index contributed by atoms with van der Waals surface area (Å²) in [5.41, 5.74) is 10.8. The number of nitrogens with one attached hydrogen (secondary N) is 5. The summed E-state index contributed by atoms with van der Waals surface area (Å²) in [5.74, 6) is -3.70. The fraction of sp³-hybridized carbons (Fsp3) is 0.818. The van der Waals surface area contributed by atoms with Gasteiger partial charge in [0.2, 0.25) is 35.4 Å². The van der Waals surface area contributed by atoms with Gasteiger partial charge < -0.3 is 38.1 Å². The second kappa shape index (κ2) is 24.9. The summed E-state index contributed by atoms with van der Waals surface area (Å²) < 4.78 is 0. The highest BCUT2D eigenvalue weighted by Crippen LogP contribution is 2.12. The van der Waals surface area contributed by atoms with Crippen LogP contribution in [0.25, 0.3) is 0 Å². The van der Waals surface area contributed by atoms with Crippen molar-refractivity contribution in [3.05, 3.63) is 0 Å². The summed E-state index contributed by atoms with van der Waals surface area (Å²) in [7, 11) is 0. The van der Waals surface area contributed by atoms with Gasteiger partial charge >= 0.3 is 0 Å². The van der Waals surface area contributed by atoms with Gasteiger partial charge in [0.05, 0.1) is 6.54 Å². The van der Waals surface area contributed by atoms with Gasteiger partial charge in [0, 0.05) is 6.42 Å². The predicted octanol–water partition coefficient (Wildman–Crippen LogP) is 1.91. The summed E-state index contributed by atoms with van der Waals surface area (Å²) >= 11 is 0. The molecule has 46 heavy (non-hydrogen) atoms. The molecule has 4 atom stereocenters. The van der Waals surface area contributed by atoms with Crippen LogP contribution >= 0.6 is 0 Å². The quantitative estimate of drug-likeness (QED) is 0.0688. The van der Waals surface area contributed by atoms with E-state index in [1.165, 1.54) is 45.4 Å². The number of rotatable bonds is 26. The molecule has 0 bridgehead atoms. The molecule has 0 saturated carbocycles. The zero-order valence-electron chi connectivity index (χ0n) is 29.2. The summed E-state index contributed by atoms with van der Waals surface area (Å²) in [6, 6.07) is -3.69. The average Bonchev–Trinajstić information content (AvgIpc) is 2.99. The first-order valence-corrected chi connectivity index (χ1v) is 17.2. The van der Waals surface area contributed by atoms with Gasteiger partial charge in [-0.1, -0.05) is 86.0 Å². The van der Waals surface area contributed by atoms with E-state index in [1.807, 2.05) is 13.8 Å². The van der Waals surface area contributed by atoms with Crippen LogP contribution in [-0.4, -0.2) is 72.7 Å². The van der Waals surface area contributed by atoms with Crippen LogP contribution in [0.1, 0.15) is 125 Å². The Bertz CT molecular complexity index is 943. The van der Waals surface area contributed by atoms with Crippen molar-refractivity contribution in [2.45, 2.75) is 149 Å². The third-order valence-corrected chi connectivity index (χ3v) is 7.82. The number of amides is 6. The third kappa shape index (κ3) is 19.3. The molecule has 0 aromatic heterocycles. The minimum atomic E-state index is -1.02. The van der Waals surface area contributed by atoms with Crippen LogP contribution in [-0.2, 0) is 28.8 Å². The van der Waals surface area contributed by atoms with Crippen LogP contribution in [0.5, 0.6) is 0 Å². The fourth-order valence-electron chi connectivity index (χ4n) is 4.87. The SMILES string of the molecule is CCCCCCCCCCCC(=O)N[C@H](C(=O)N[C@H](C(=O)N[C@@H](C)C(=O)NCC(=O)N[C@@H](CCCCN)C(N)=O)C(C)C)C(C)C. The Labute approximate surface area is 276 Å². The molecule has 0 fully saturated rings. The van der Waals surface area contributed by atoms with E-state index < -0.39 is 60.2 Å². The van der Waals surface area contributed by atoms with Crippen molar-refractivity contribution in [3.63, 3.8) is 0 Å². The van der Waals surface area contributed by atoms with E-state index >= 15 is 0 Å². The molecule has 0 saturated heterocycles. The molecule has 0 rings (SSSR count). The topological polar surface area (TPSA) is 215 Å². The molecule has 6 amide bonds. The standard InChI is InChI=1S/C33H63N7O6/c1-7-8-9-10-11-12-13-14-15-19-26(41)39-28(22(2)3)33(46)40-29(23(4)5)32(45)37-24(6)31(44)36-21-27(42)38-25(30(35)43)18-16-17-20-34/h22-25,28-29H,7-21,34H2,1-6H3,(H2,35,43)(H,36,44)(H,37,45)(H,38,42)(H,39,41)(H,40,46)/t24-,25-,28-,29-/m0/s1. The lowest BCUT2D eigenvalue weighted by Gasteiger charge is -2.28. The van der Waals surface area contributed by atoms with Crippen LogP contribution in [0.4, 0.5) is 0 Å². The monoisotopic (exact) mass is 653 g/mol. The molecule has 0 aliphatic heterocycles. The highest BCUT2D eigenvalue weighted by molar-refractivity contribution is 5.95. The van der Waals surface area contributed by atoms with Gasteiger partial charge in [-0.3, -0.25) is 28.8 Å². The lowest BCUT2D eigenvalue weighted by atomic mass is 9.99. The Balaban J connectivity index is 4.86. The Morgan fingerprint density at radius 2 is 1.11 bits per heavy atom. The number of primary amides is 1. The molecule has 0 aliphatic rings. The molecule has 13 nitrogen and oxygen atoms in total. The molecule has 0 aromatic carbocycles. The minimum absolute atomic E-state index is 0.200. The first kappa shape index (κ1) is 42.8. The van der Waals surface area contributed by atoms with E-state index in [2.05, 4.69) is 33.5 Å². The Morgan fingerprint density at radius 3 is 1.63 bits per heavy atom. The average molecular weight is 654 g/mol. The van der Waals surface area contributed by atoms with Crippen molar-refractivity contribution in [2.75, 3.05) is 13.1 Å². The maximum atomic E-state index is 13.2. The van der Waals surface area contributed by atoms with Crippen molar-refractivity contribution < 1.29 is 28.8 Å². The zero-order chi connectivity index (χ0) is 35.1. The van der Waals surface area contributed by atoms with Gasteiger partial charge in [0.25, 0.3) is 0 Å². The highest BCUT2D eigenvalue weighted by Gasteiger charge is 2.31. The number of hydrogen-bond acceptors (Lipinski definition) is 7. The predicted molar refractivity (Wildman–Crippen MR) is 180 cm³/mol. The lowest BCUT2D eigenvalue weighted by molar-refractivity contribution is -0.135. The van der Waals surface area contributed by atoms with Crippen LogP contribution in [0.15, 0.2) is 0 Å². The third-order valence-electron chi connectivity index (χ3n) is 7.82. The highest BCUT2D eigenvalue weighted by atomic mass is 16.2. The van der Waals surface area contributed by atoms with Gasteiger partial charge in [-0.15, -0.1) is 0 Å². The maximum Gasteiger partial charge on any atom is 0.243 e. The van der Waals surface area contributed by atoms with E-state index in [-0.39, 0.29) is 17.7 Å². The van der Waals surface area contributed by atoms with Crippen LogP contribution < -0.4 is 38.1 Å². The summed E-state index contributed by atoms with van der Waals surface area (Å²) in [5, 5.41) is 13.1. The Hall–Kier alpha value is -3.22. The fourth-order valence-corrected chi connectivity index (χ4v) is 4.87. The Kier molecular flexibility index (Phi) is 23.2. The van der Waals surface area contributed by atoms with E-state index in [4.69, 9.17) is 11.5 Å². The van der Waals surface area contributed by atoms with Gasteiger partial charge in [0.15, 0.2) is 0 Å². The lowest BCUT2D eigenvalue weighted by Crippen LogP contribution is -2.59. The number of carbonyl (C=O) groups is 6. The van der Waals surface area contributed by atoms with Crippen molar-refractivity contribution >= 4 is 35.4 Å². The molecule has 0 radical (unpaired) electrons. The maximum absolute atomic E-state index is 13.2. The molecule has 0 spiro atoms. The zero-order valence-corrected chi connectivity index (χ0v) is 29.2. The van der Waals surface area contributed by atoms with Gasteiger partial charge in [-0.2, -0.15) is 0 Å². The smallest absolute Gasteiger partial charge is 0.243 e. The first-order chi connectivity index (χ1) is 21.7. The summed E-state index contributed by atoms with van der Waals surface area (Å²) in [6.45, 7) is 10.8. The van der Waals surface area contributed by atoms with Crippen molar-refractivity contribution in [3.8, 4) is 0 Å². The Morgan fingerprint density at radius 1 is 0.587 bits per heavy atom. The van der Waals surface area contributed by atoms with E-state index in [9.17, 15) is 28.8 Å². The van der Waals surface area contributed by atoms with Gasteiger partial charge in [0.1, 0.15) is 24.2 Å². The summed E-state index contributed by atoms with van der Waals surface area (Å²) in [6.07, 6.45) is 12.2. The molecule has 0 heterocycles. The minimum Gasteiger partial charge on any atom is -0.368 e. The van der Waals surface area contributed by atoms with Crippen molar-refractivity contribution in [1.29, 1.82) is 0 Å². The van der Waals surface area contributed by atoms with Gasteiger partial charge in [-0.25, -0.2) is 0 Å². The summed E-state index contributed by atoms with van der Waals surface area (Å²) in [4.78, 5) is 75.4. The van der Waals surface area contributed by atoms with E-state index in [1.54, 1.807) is 13.8 Å². The van der Waals surface area contributed by atoms with Crippen molar-refractivity contribution in [2.24, 2.45) is 23.3 Å². The first-order valence-electron chi connectivity index (χ1n) is 17.2.